The topological polar surface area (TPSA) is 50.9 Å². The summed E-state index contributed by atoms with van der Waals surface area (Å²) in [7, 11) is 0. The Balaban J connectivity index is 2.10. The predicted molar refractivity (Wildman–Crippen MR) is 82.5 cm³/mol. The first-order chi connectivity index (χ1) is 9.74. The lowest BCUT2D eigenvalue weighted by Crippen LogP contribution is -2.01. The van der Waals surface area contributed by atoms with Crippen molar-refractivity contribution in [3.63, 3.8) is 0 Å². The van der Waals surface area contributed by atoms with Crippen molar-refractivity contribution in [3.05, 3.63) is 35.7 Å². The maximum Gasteiger partial charge on any atom is 0.195 e. The highest BCUT2D eigenvalue weighted by atomic mass is 32.2. The Bertz CT molecular complexity index is 554. The fraction of sp³-hybridized carbons (Fsp3) is 0.467. The van der Waals surface area contributed by atoms with E-state index in [1.807, 2.05) is 19.1 Å². The molecule has 0 spiro atoms. The first kappa shape index (κ1) is 15.1. The van der Waals surface area contributed by atoms with Crippen LogP contribution in [0.4, 0.5) is 0 Å². The first-order valence-electron chi connectivity index (χ1n) is 6.95. The highest BCUT2D eigenvalue weighted by Gasteiger charge is 2.12. The second-order valence-electron chi connectivity index (χ2n) is 4.78. The van der Waals surface area contributed by atoms with E-state index in [0.717, 1.165) is 41.7 Å². The van der Waals surface area contributed by atoms with Gasteiger partial charge in [-0.2, -0.15) is 0 Å². The molecule has 0 aliphatic heterocycles. The van der Waals surface area contributed by atoms with E-state index in [9.17, 15) is 0 Å². The van der Waals surface area contributed by atoms with E-state index in [4.69, 9.17) is 5.11 Å². The van der Waals surface area contributed by atoms with Crippen molar-refractivity contribution < 1.29 is 5.11 Å². The van der Waals surface area contributed by atoms with Crippen LogP contribution in [-0.2, 0) is 0 Å². The summed E-state index contributed by atoms with van der Waals surface area (Å²) in [4.78, 5) is 0. The molecule has 0 saturated heterocycles. The smallest absolute Gasteiger partial charge is 0.195 e. The van der Waals surface area contributed by atoms with Crippen molar-refractivity contribution in [2.45, 2.75) is 38.3 Å². The summed E-state index contributed by atoms with van der Waals surface area (Å²) < 4.78 is 2.12. The molecule has 0 bridgehead atoms. The van der Waals surface area contributed by atoms with Crippen LogP contribution in [0.1, 0.15) is 30.7 Å². The Labute approximate surface area is 124 Å². The summed E-state index contributed by atoms with van der Waals surface area (Å²) in [5, 5.41) is 18.2. The minimum atomic E-state index is 0.281. The third kappa shape index (κ3) is 3.61. The zero-order valence-corrected chi connectivity index (χ0v) is 12.9. The van der Waals surface area contributed by atoms with Gasteiger partial charge in [0.05, 0.1) is 5.69 Å². The third-order valence-electron chi connectivity index (χ3n) is 3.19. The van der Waals surface area contributed by atoms with Crippen LogP contribution in [0.2, 0.25) is 0 Å². The van der Waals surface area contributed by atoms with Crippen LogP contribution in [0.15, 0.2) is 29.4 Å². The molecule has 1 aromatic heterocycles. The van der Waals surface area contributed by atoms with Gasteiger partial charge in [0.25, 0.3) is 0 Å². The van der Waals surface area contributed by atoms with Gasteiger partial charge in [-0.25, -0.2) is 0 Å². The third-order valence-corrected chi connectivity index (χ3v) is 4.20. The monoisotopic (exact) mass is 291 g/mol. The lowest BCUT2D eigenvalue weighted by Gasteiger charge is -2.10. The highest BCUT2D eigenvalue weighted by Crippen LogP contribution is 2.24. The summed E-state index contributed by atoms with van der Waals surface area (Å²) >= 11 is 1.73. The lowest BCUT2D eigenvalue weighted by molar-refractivity contribution is 0.284. The molecule has 4 nitrogen and oxygen atoms in total. The molecular formula is C15H21N3OS. The van der Waals surface area contributed by atoms with Crippen molar-refractivity contribution in [3.8, 4) is 5.69 Å². The fourth-order valence-electron chi connectivity index (χ4n) is 2.08. The quantitative estimate of drug-likeness (QED) is 0.629. The molecule has 2 rings (SSSR count). The minimum Gasteiger partial charge on any atom is -0.396 e. The van der Waals surface area contributed by atoms with Gasteiger partial charge in [-0.15, -0.1) is 10.2 Å². The van der Waals surface area contributed by atoms with Crippen molar-refractivity contribution in [2.75, 3.05) is 12.4 Å². The number of hydrogen-bond acceptors (Lipinski definition) is 4. The van der Waals surface area contributed by atoms with Crippen LogP contribution in [0, 0.1) is 13.8 Å². The summed E-state index contributed by atoms with van der Waals surface area (Å²) in [6.45, 7) is 4.36. The number of aryl methyl sites for hydroxylation is 2. The number of thioether (sulfide) groups is 1. The number of aliphatic hydroxyl groups excluding tert-OH is 1. The number of rotatable bonds is 7. The van der Waals surface area contributed by atoms with E-state index in [1.54, 1.807) is 11.8 Å². The van der Waals surface area contributed by atoms with Crippen LogP contribution < -0.4 is 0 Å². The van der Waals surface area contributed by atoms with E-state index in [-0.39, 0.29) is 6.61 Å². The van der Waals surface area contributed by atoms with Crippen LogP contribution >= 0.6 is 11.8 Å². The molecular weight excluding hydrogens is 270 g/mol. The number of hydrogen-bond donors (Lipinski definition) is 1. The molecule has 108 valence electrons. The van der Waals surface area contributed by atoms with Gasteiger partial charge in [0.2, 0.25) is 0 Å². The molecule has 0 aliphatic carbocycles. The Morgan fingerprint density at radius 2 is 1.90 bits per heavy atom. The van der Waals surface area contributed by atoms with Gasteiger partial charge in [-0.3, -0.25) is 4.57 Å². The summed E-state index contributed by atoms with van der Waals surface area (Å²) in [5.41, 5.74) is 2.37. The van der Waals surface area contributed by atoms with Crippen molar-refractivity contribution >= 4 is 11.8 Å². The maximum atomic E-state index is 8.78. The van der Waals surface area contributed by atoms with E-state index in [0.29, 0.717) is 0 Å². The predicted octanol–water partition coefficient (Wildman–Crippen LogP) is 3.14. The first-order valence-corrected chi connectivity index (χ1v) is 7.94. The second kappa shape index (κ2) is 7.45. The fourth-order valence-corrected chi connectivity index (χ4v) is 3.07. The zero-order valence-electron chi connectivity index (χ0n) is 12.0. The van der Waals surface area contributed by atoms with Crippen molar-refractivity contribution in [2.24, 2.45) is 0 Å². The summed E-state index contributed by atoms with van der Waals surface area (Å²) in [6, 6.07) is 8.28. The largest absolute Gasteiger partial charge is 0.396 e. The molecule has 5 heteroatoms. The Hall–Kier alpha value is -1.33. The van der Waals surface area contributed by atoms with Crippen molar-refractivity contribution in [1.82, 2.24) is 14.8 Å². The molecule has 0 unspecified atom stereocenters. The number of aliphatic hydroxyl groups is 1. The van der Waals surface area contributed by atoms with Gasteiger partial charge < -0.3 is 5.11 Å². The SMILES string of the molecule is Cc1ccccc1-n1c(C)nnc1SCCCCCO. The Kier molecular flexibility index (Phi) is 5.61. The Morgan fingerprint density at radius 1 is 1.10 bits per heavy atom. The molecule has 0 fully saturated rings. The summed E-state index contributed by atoms with van der Waals surface area (Å²) in [6.07, 6.45) is 3.02. The summed E-state index contributed by atoms with van der Waals surface area (Å²) in [5.74, 6) is 1.92. The number of benzene rings is 1. The van der Waals surface area contributed by atoms with Gasteiger partial charge in [0.1, 0.15) is 5.82 Å². The molecule has 1 N–H and O–H groups in total. The average Bonchev–Trinajstić information content (AvgIpc) is 2.80. The van der Waals surface area contributed by atoms with Crippen molar-refractivity contribution in [1.29, 1.82) is 0 Å². The normalized spacial score (nSPS) is 10.9. The molecule has 0 amide bonds. The van der Waals surface area contributed by atoms with Gasteiger partial charge in [-0.1, -0.05) is 36.4 Å². The number of unbranched alkanes of at least 4 members (excludes halogenated alkanes) is 2. The molecule has 20 heavy (non-hydrogen) atoms. The zero-order chi connectivity index (χ0) is 14.4. The number of nitrogens with zero attached hydrogens (tertiary/aromatic N) is 3. The average molecular weight is 291 g/mol. The molecule has 1 heterocycles. The molecule has 0 atom stereocenters. The van der Waals surface area contributed by atoms with E-state index < -0.39 is 0 Å². The van der Waals surface area contributed by atoms with E-state index in [2.05, 4.69) is 33.8 Å². The number of para-hydroxylation sites is 1. The standard InChI is InChI=1S/C15H21N3OS/c1-12-8-4-5-9-14(12)18-13(2)16-17-15(18)20-11-7-3-6-10-19/h4-5,8-9,19H,3,6-7,10-11H2,1-2H3. The minimum absolute atomic E-state index is 0.281. The van der Waals surface area contributed by atoms with E-state index >= 15 is 0 Å². The van der Waals surface area contributed by atoms with Gasteiger partial charge in [-0.05, 0) is 38.3 Å². The van der Waals surface area contributed by atoms with Crippen LogP contribution in [0.3, 0.4) is 0 Å². The molecule has 1 aromatic carbocycles. The van der Waals surface area contributed by atoms with Gasteiger partial charge >= 0.3 is 0 Å². The van der Waals surface area contributed by atoms with Gasteiger partial charge in [0, 0.05) is 12.4 Å². The van der Waals surface area contributed by atoms with Crippen LogP contribution in [-0.4, -0.2) is 32.2 Å². The molecule has 0 aliphatic rings. The lowest BCUT2D eigenvalue weighted by atomic mass is 10.2. The Morgan fingerprint density at radius 3 is 2.65 bits per heavy atom. The van der Waals surface area contributed by atoms with E-state index in [1.165, 1.54) is 5.56 Å². The van der Waals surface area contributed by atoms with Crippen LogP contribution in [0.25, 0.3) is 5.69 Å². The number of aromatic nitrogens is 3. The van der Waals surface area contributed by atoms with Crippen LogP contribution in [0.5, 0.6) is 0 Å². The second-order valence-corrected chi connectivity index (χ2v) is 5.85. The highest BCUT2D eigenvalue weighted by molar-refractivity contribution is 7.99. The molecule has 0 saturated carbocycles. The maximum absolute atomic E-state index is 8.78. The van der Waals surface area contributed by atoms with Gasteiger partial charge in [0.15, 0.2) is 5.16 Å². The molecule has 0 radical (unpaired) electrons. The molecule has 2 aromatic rings.